The lowest BCUT2D eigenvalue weighted by Crippen LogP contribution is -2.11. The number of hydrogen-bond donors (Lipinski definition) is 1. The first-order valence-corrected chi connectivity index (χ1v) is 8.59. The van der Waals surface area contributed by atoms with Crippen molar-refractivity contribution in [2.75, 3.05) is 6.54 Å². The Morgan fingerprint density at radius 3 is 2.95 bits per heavy atom. The van der Waals surface area contributed by atoms with Gasteiger partial charge in [-0.1, -0.05) is 24.6 Å². The van der Waals surface area contributed by atoms with E-state index in [1.807, 2.05) is 6.07 Å². The number of aryl methyl sites for hydroxylation is 2. The van der Waals surface area contributed by atoms with Crippen LogP contribution in [0.5, 0.6) is 0 Å². The summed E-state index contributed by atoms with van der Waals surface area (Å²) >= 11 is 7.93. The highest BCUT2D eigenvalue weighted by atomic mass is 35.5. The average Bonchev–Trinajstić information content (AvgIpc) is 3.10. The van der Waals surface area contributed by atoms with Gasteiger partial charge in [-0.3, -0.25) is 0 Å². The van der Waals surface area contributed by atoms with Crippen LogP contribution in [0.1, 0.15) is 18.1 Å². The number of thiophene rings is 1. The van der Waals surface area contributed by atoms with Gasteiger partial charge < -0.3 is 9.88 Å². The van der Waals surface area contributed by atoms with Crippen LogP contribution >= 0.6 is 22.9 Å². The van der Waals surface area contributed by atoms with Gasteiger partial charge in [-0.15, -0.1) is 0 Å². The Labute approximate surface area is 134 Å². The molecule has 0 aliphatic heterocycles. The van der Waals surface area contributed by atoms with Crippen LogP contribution in [0.3, 0.4) is 0 Å². The fourth-order valence-corrected chi connectivity index (χ4v) is 3.48. The number of benzene rings is 1. The fraction of sp³-hybridized carbons (Fsp3) is 0.294. The standard InChI is InChI=1S/C17H19ClN2S/c1-2-19-10-14-11-20(7-5-13-6-8-21-12-13)17-9-15(18)3-4-16(14)17/h3-4,6,8-9,11-12,19H,2,5,7,10H2,1H3. The Morgan fingerprint density at radius 1 is 1.29 bits per heavy atom. The Kier molecular flexibility index (Phi) is 4.63. The van der Waals surface area contributed by atoms with Crippen molar-refractivity contribution in [3.05, 3.63) is 57.4 Å². The number of fused-ring (bicyclic) bond motifs is 1. The molecule has 0 amide bonds. The SMILES string of the molecule is CCNCc1cn(CCc2ccsc2)c2cc(Cl)ccc12. The second-order valence-corrected chi connectivity index (χ2v) is 6.39. The summed E-state index contributed by atoms with van der Waals surface area (Å²) in [5.41, 5.74) is 3.97. The first-order valence-electron chi connectivity index (χ1n) is 7.27. The summed E-state index contributed by atoms with van der Waals surface area (Å²) in [6.45, 7) is 5.00. The minimum Gasteiger partial charge on any atom is -0.347 e. The summed E-state index contributed by atoms with van der Waals surface area (Å²) in [4.78, 5) is 0. The number of hydrogen-bond acceptors (Lipinski definition) is 2. The zero-order chi connectivity index (χ0) is 14.7. The zero-order valence-electron chi connectivity index (χ0n) is 12.1. The smallest absolute Gasteiger partial charge is 0.0498 e. The van der Waals surface area contributed by atoms with E-state index in [0.717, 1.165) is 31.1 Å². The molecule has 110 valence electrons. The van der Waals surface area contributed by atoms with Crippen molar-refractivity contribution in [3.8, 4) is 0 Å². The maximum atomic E-state index is 6.18. The Bertz CT molecular complexity index is 716. The average molecular weight is 319 g/mol. The second-order valence-electron chi connectivity index (χ2n) is 5.17. The minimum absolute atomic E-state index is 0.799. The van der Waals surface area contributed by atoms with Crippen LogP contribution in [0.25, 0.3) is 10.9 Å². The van der Waals surface area contributed by atoms with Gasteiger partial charge >= 0.3 is 0 Å². The third kappa shape index (κ3) is 3.31. The highest BCUT2D eigenvalue weighted by Gasteiger charge is 2.09. The summed E-state index contributed by atoms with van der Waals surface area (Å²) in [5, 5.41) is 9.86. The molecule has 21 heavy (non-hydrogen) atoms. The zero-order valence-corrected chi connectivity index (χ0v) is 13.7. The fourth-order valence-electron chi connectivity index (χ4n) is 2.61. The predicted molar refractivity (Wildman–Crippen MR) is 92.4 cm³/mol. The predicted octanol–water partition coefficient (Wildman–Crippen LogP) is 4.71. The van der Waals surface area contributed by atoms with Gasteiger partial charge in [-0.25, -0.2) is 0 Å². The van der Waals surface area contributed by atoms with E-state index in [2.05, 4.69) is 52.0 Å². The summed E-state index contributed by atoms with van der Waals surface area (Å²) in [5.74, 6) is 0. The third-order valence-corrected chi connectivity index (χ3v) is 4.68. The summed E-state index contributed by atoms with van der Waals surface area (Å²) in [6.07, 6.45) is 3.32. The molecule has 3 rings (SSSR count). The summed E-state index contributed by atoms with van der Waals surface area (Å²) < 4.78 is 2.32. The first kappa shape index (κ1) is 14.6. The number of nitrogens with zero attached hydrogens (tertiary/aromatic N) is 1. The number of nitrogens with one attached hydrogen (secondary N) is 1. The molecule has 0 aliphatic rings. The van der Waals surface area contributed by atoms with E-state index in [1.54, 1.807) is 11.3 Å². The van der Waals surface area contributed by atoms with Gasteiger partial charge in [0.25, 0.3) is 0 Å². The van der Waals surface area contributed by atoms with Crippen LogP contribution in [0.2, 0.25) is 5.02 Å². The Hall–Kier alpha value is -1.29. The van der Waals surface area contributed by atoms with Crippen LogP contribution in [0.15, 0.2) is 41.2 Å². The van der Waals surface area contributed by atoms with Crippen molar-refractivity contribution in [2.24, 2.45) is 0 Å². The van der Waals surface area contributed by atoms with Gasteiger partial charge in [0.1, 0.15) is 0 Å². The van der Waals surface area contributed by atoms with Crippen molar-refractivity contribution >= 4 is 33.8 Å². The molecular formula is C17H19ClN2S. The van der Waals surface area contributed by atoms with E-state index in [4.69, 9.17) is 11.6 Å². The molecule has 0 bridgehead atoms. The van der Waals surface area contributed by atoms with Crippen LogP contribution < -0.4 is 5.32 Å². The van der Waals surface area contributed by atoms with Gasteiger partial charge in [0.2, 0.25) is 0 Å². The van der Waals surface area contributed by atoms with Gasteiger partial charge in [0.05, 0.1) is 0 Å². The van der Waals surface area contributed by atoms with E-state index in [-0.39, 0.29) is 0 Å². The maximum Gasteiger partial charge on any atom is 0.0498 e. The first-order chi connectivity index (χ1) is 10.3. The summed E-state index contributed by atoms with van der Waals surface area (Å²) in [7, 11) is 0. The van der Waals surface area contributed by atoms with Crippen molar-refractivity contribution < 1.29 is 0 Å². The molecule has 0 atom stereocenters. The van der Waals surface area contributed by atoms with Crippen molar-refractivity contribution in [3.63, 3.8) is 0 Å². The van der Waals surface area contributed by atoms with Crippen LogP contribution in [0.4, 0.5) is 0 Å². The molecule has 3 aromatic rings. The lowest BCUT2D eigenvalue weighted by atomic mass is 10.2. The molecule has 0 saturated carbocycles. The van der Waals surface area contributed by atoms with Gasteiger partial charge in [0.15, 0.2) is 0 Å². The molecule has 2 nitrogen and oxygen atoms in total. The number of halogens is 1. The van der Waals surface area contributed by atoms with Crippen LogP contribution in [-0.4, -0.2) is 11.1 Å². The van der Waals surface area contributed by atoms with E-state index >= 15 is 0 Å². The molecule has 2 aromatic heterocycles. The van der Waals surface area contributed by atoms with E-state index in [9.17, 15) is 0 Å². The molecule has 0 spiro atoms. The molecule has 0 unspecified atom stereocenters. The second kappa shape index (κ2) is 6.65. The molecule has 0 radical (unpaired) electrons. The van der Waals surface area contributed by atoms with Crippen LogP contribution in [0, 0.1) is 0 Å². The van der Waals surface area contributed by atoms with E-state index < -0.39 is 0 Å². The highest BCUT2D eigenvalue weighted by molar-refractivity contribution is 7.07. The number of rotatable bonds is 6. The van der Waals surface area contributed by atoms with E-state index in [1.165, 1.54) is 22.0 Å². The van der Waals surface area contributed by atoms with Gasteiger partial charge in [-0.2, -0.15) is 11.3 Å². The van der Waals surface area contributed by atoms with Crippen molar-refractivity contribution in [1.29, 1.82) is 0 Å². The maximum absolute atomic E-state index is 6.18. The molecule has 4 heteroatoms. The van der Waals surface area contributed by atoms with Crippen molar-refractivity contribution in [1.82, 2.24) is 9.88 Å². The Balaban J connectivity index is 1.90. The molecule has 0 fully saturated rings. The van der Waals surface area contributed by atoms with Gasteiger partial charge in [0, 0.05) is 35.2 Å². The normalized spacial score (nSPS) is 11.3. The molecule has 1 aromatic carbocycles. The lowest BCUT2D eigenvalue weighted by molar-refractivity contribution is 0.702. The molecule has 0 saturated heterocycles. The molecule has 1 N–H and O–H groups in total. The minimum atomic E-state index is 0.799. The lowest BCUT2D eigenvalue weighted by Gasteiger charge is -2.04. The Morgan fingerprint density at radius 2 is 2.19 bits per heavy atom. The monoisotopic (exact) mass is 318 g/mol. The van der Waals surface area contributed by atoms with Crippen molar-refractivity contribution in [2.45, 2.75) is 26.4 Å². The third-order valence-electron chi connectivity index (χ3n) is 3.71. The van der Waals surface area contributed by atoms with E-state index in [0.29, 0.717) is 0 Å². The summed E-state index contributed by atoms with van der Waals surface area (Å²) in [6, 6.07) is 8.37. The largest absolute Gasteiger partial charge is 0.347 e. The van der Waals surface area contributed by atoms with Gasteiger partial charge in [-0.05, 0) is 53.1 Å². The molecular weight excluding hydrogens is 300 g/mol. The van der Waals surface area contributed by atoms with Crippen LogP contribution in [-0.2, 0) is 19.5 Å². The number of aromatic nitrogens is 1. The highest BCUT2D eigenvalue weighted by Crippen LogP contribution is 2.25. The molecule has 0 aliphatic carbocycles. The topological polar surface area (TPSA) is 17.0 Å². The molecule has 2 heterocycles. The quantitative estimate of drug-likeness (QED) is 0.696.